The van der Waals surface area contributed by atoms with E-state index >= 15 is 0 Å². The van der Waals surface area contributed by atoms with Gasteiger partial charge in [0.1, 0.15) is 0 Å². The molecule has 3 aromatic rings. The van der Waals surface area contributed by atoms with Crippen molar-refractivity contribution in [1.82, 2.24) is 20.3 Å². The average Bonchev–Trinajstić information content (AvgIpc) is 2.70. The molecule has 0 amide bonds. The maximum Gasteiger partial charge on any atom is 0.0446 e. The van der Waals surface area contributed by atoms with Gasteiger partial charge in [0, 0.05) is 66.5 Å². The molecule has 1 atom stereocenters. The quantitative estimate of drug-likeness (QED) is 0.653. The van der Waals surface area contributed by atoms with Crippen LogP contribution in [-0.4, -0.2) is 33.6 Å². The third-order valence-corrected chi connectivity index (χ3v) is 4.81. The van der Waals surface area contributed by atoms with Crippen LogP contribution in [0.5, 0.6) is 0 Å². The van der Waals surface area contributed by atoms with Crippen molar-refractivity contribution in [2.45, 2.75) is 30.8 Å². The van der Waals surface area contributed by atoms with Gasteiger partial charge in [0.2, 0.25) is 0 Å². The van der Waals surface area contributed by atoms with Gasteiger partial charge in [-0.15, -0.1) is 0 Å². The highest BCUT2D eigenvalue weighted by Crippen LogP contribution is 2.22. The Morgan fingerprint density at radius 1 is 0.808 bits per heavy atom. The highest BCUT2D eigenvalue weighted by molar-refractivity contribution is 5.19. The monoisotopic (exact) mass is 347 g/mol. The summed E-state index contributed by atoms with van der Waals surface area (Å²) in [7, 11) is 1.96. The lowest BCUT2D eigenvalue weighted by atomic mass is 9.79. The van der Waals surface area contributed by atoms with Gasteiger partial charge in [-0.1, -0.05) is 18.2 Å². The molecule has 3 N–H and O–H groups in total. The third-order valence-electron chi connectivity index (χ3n) is 4.81. The molecule has 0 saturated heterocycles. The summed E-state index contributed by atoms with van der Waals surface area (Å²) < 4.78 is 0. The number of hydrogen-bond donors (Lipinski definition) is 2. The molecule has 0 aromatic carbocycles. The molecule has 5 heteroatoms. The molecule has 134 valence electrons. The predicted molar refractivity (Wildman–Crippen MR) is 104 cm³/mol. The van der Waals surface area contributed by atoms with Crippen molar-refractivity contribution in [3.63, 3.8) is 0 Å². The fraction of sp³-hybridized carbons (Fsp3) is 0.286. The maximum absolute atomic E-state index is 6.73. The Morgan fingerprint density at radius 3 is 1.65 bits per heavy atom. The first-order valence-electron chi connectivity index (χ1n) is 8.86. The number of rotatable bonds is 8. The Bertz CT molecular complexity index is 736. The summed E-state index contributed by atoms with van der Waals surface area (Å²) in [5.41, 5.74) is 9.36. The van der Waals surface area contributed by atoms with Gasteiger partial charge in [0.15, 0.2) is 0 Å². The molecule has 0 spiro atoms. The van der Waals surface area contributed by atoms with E-state index in [2.05, 4.69) is 20.3 Å². The van der Waals surface area contributed by atoms with E-state index in [1.807, 2.05) is 74.0 Å². The number of aromatic nitrogens is 3. The van der Waals surface area contributed by atoms with Crippen LogP contribution in [0.2, 0.25) is 0 Å². The summed E-state index contributed by atoms with van der Waals surface area (Å²) in [6.45, 7) is 0. The number of hydrogen-bond acceptors (Lipinski definition) is 5. The molecule has 5 nitrogen and oxygen atoms in total. The van der Waals surface area contributed by atoms with Crippen molar-refractivity contribution in [2.75, 3.05) is 7.05 Å². The second-order valence-corrected chi connectivity index (χ2v) is 6.53. The zero-order chi connectivity index (χ0) is 18.2. The number of nitrogens with two attached hydrogens (primary N) is 1. The predicted octanol–water partition coefficient (Wildman–Crippen LogP) is 2.18. The minimum absolute atomic E-state index is 0.147. The molecule has 0 bridgehead atoms. The highest BCUT2D eigenvalue weighted by Gasteiger charge is 2.36. The fourth-order valence-corrected chi connectivity index (χ4v) is 3.28. The van der Waals surface area contributed by atoms with Crippen LogP contribution >= 0.6 is 0 Å². The maximum atomic E-state index is 6.73. The van der Waals surface area contributed by atoms with Crippen LogP contribution in [0.25, 0.3) is 0 Å². The third kappa shape index (κ3) is 4.50. The first-order valence-corrected chi connectivity index (χ1v) is 8.86. The molecular weight excluding hydrogens is 322 g/mol. The Hall–Kier alpha value is -2.63. The van der Waals surface area contributed by atoms with E-state index in [-0.39, 0.29) is 11.6 Å². The van der Waals surface area contributed by atoms with Crippen molar-refractivity contribution in [3.8, 4) is 0 Å². The molecule has 0 aliphatic heterocycles. The molecule has 3 aromatic heterocycles. The van der Waals surface area contributed by atoms with Gasteiger partial charge in [0.25, 0.3) is 0 Å². The van der Waals surface area contributed by atoms with Gasteiger partial charge in [0.05, 0.1) is 0 Å². The van der Waals surface area contributed by atoms with Crippen LogP contribution in [0.15, 0.2) is 73.2 Å². The summed E-state index contributed by atoms with van der Waals surface area (Å²) in [6, 6.07) is 17.7. The molecule has 0 aliphatic rings. The second kappa shape index (κ2) is 8.65. The first kappa shape index (κ1) is 18.2. The highest BCUT2D eigenvalue weighted by atomic mass is 15.0. The van der Waals surface area contributed by atoms with Crippen molar-refractivity contribution in [1.29, 1.82) is 0 Å². The van der Waals surface area contributed by atoms with Crippen LogP contribution in [0.4, 0.5) is 0 Å². The largest absolute Gasteiger partial charge is 0.326 e. The number of pyridine rings is 3. The van der Waals surface area contributed by atoms with Gasteiger partial charge < -0.3 is 11.1 Å². The molecule has 0 fully saturated rings. The van der Waals surface area contributed by atoms with E-state index in [0.717, 1.165) is 29.9 Å². The molecule has 3 heterocycles. The summed E-state index contributed by atoms with van der Waals surface area (Å²) >= 11 is 0. The smallest absolute Gasteiger partial charge is 0.0446 e. The van der Waals surface area contributed by atoms with Crippen molar-refractivity contribution < 1.29 is 0 Å². The van der Waals surface area contributed by atoms with Gasteiger partial charge in [-0.3, -0.25) is 15.0 Å². The molecule has 1 unspecified atom stereocenters. The molecule has 0 saturated carbocycles. The minimum Gasteiger partial charge on any atom is -0.326 e. The van der Waals surface area contributed by atoms with E-state index in [0.29, 0.717) is 6.42 Å². The van der Waals surface area contributed by atoms with Gasteiger partial charge in [-0.2, -0.15) is 0 Å². The van der Waals surface area contributed by atoms with Gasteiger partial charge in [-0.25, -0.2) is 0 Å². The average molecular weight is 347 g/mol. The Morgan fingerprint density at radius 2 is 1.27 bits per heavy atom. The molecule has 26 heavy (non-hydrogen) atoms. The Kier molecular flexibility index (Phi) is 6.04. The number of nitrogens with zero attached hydrogens (tertiary/aromatic N) is 3. The van der Waals surface area contributed by atoms with E-state index in [1.165, 1.54) is 0 Å². The lowest BCUT2D eigenvalue weighted by Crippen LogP contribution is -2.61. The second-order valence-electron chi connectivity index (χ2n) is 6.53. The van der Waals surface area contributed by atoms with Crippen LogP contribution in [0.3, 0.4) is 0 Å². The normalized spacial score (nSPS) is 12.7. The fourth-order valence-electron chi connectivity index (χ4n) is 3.28. The standard InChI is InChI=1S/C21H25N5/c1-23-21(15-18-9-3-6-12-25-18,16-19-10-4-7-13-26-19)20(22)14-17-8-2-5-11-24-17/h2-13,20,23H,14-16,22H2,1H3. The van der Waals surface area contributed by atoms with Crippen molar-refractivity contribution in [2.24, 2.45) is 5.73 Å². The Balaban J connectivity index is 1.90. The number of nitrogens with one attached hydrogen (secondary N) is 1. The van der Waals surface area contributed by atoms with Crippen LogP contribution in [0, 0.1) is 0 Å². The van der Waals surface area contributed by atoms with E-state index < -0.39 is 0 Å². The molecule has 0 radical (unpaired) electrons. The summed E-state index contributed by atoms with van der Waals surface area (Å²) in [5, 5.41) is 3.50. The first-order chi connectivity index (χ1) is 12.7. The lowest BCUT2D eigenvalue weighted by molar-refractivity contribution is 0.270. The van der Waals surface area contributed by atoms with Crippen LogP contribution in [-0.2, 0) is 19.3 Å². The topological polar surface area (TPSA) is 76.7 Å². The zero-order valence-corrected chi connectivity index (χ0v) is 15.0. The molecular formula is C21H25N5. The van der Waals surface area contributed by atoms with E-state index in [1.54, 1.807) is 6.20 Å². The number of likely N-dealkylation sites (N-methyl/N-ethyl adjacent to an activating group) is 1. The van der Waals surface area contributed by atoms with Crippen LogP contribution in [0.1, 0.15) is 17.1 Å². The SMILES string of the molecule is CNC(Cc1ccccn1)(Cc1ccccn1)C(N)Cc1ccccn1. The van der Waals surface area contributed by atoms with Crippen LogP contribution < -0.4 is 11.1 Å². The Labute approximate surface area is 154 Å². The van der Waals surface area contributed by atoms with Gasteiger partial charge >= 0.3 is 0 Å². The summed E-state index contributed by atoms with van der Waals surface area (Å²) in [5.74, 6) is 0. The van der Waals surface area contributed by atoms with Gasteiger partial charge in [-0.05, 0) is 43.4 Å². The summed E-state index contributed by atoms with van der Waals surface area (Å²) in [4.78, 5) is 13.5. The lowest BCUT2D eigenvalue weighted by Gasteiger charge is -2.39. The van der Waals surface area contributed by atoms with E-state index in [4.69, 9.17) is 5.73 Å². The summed E-state index contributed by atoms with van der Waals surface area (Å²) in [6.07, 6.45) is 7.56. The van der Waals surface area contributed by atoms with Crippen molar-refractivity contribution in [3.05, 3.63) is 90.3 Å². The van der Waals surface area contributed by atoms with E-state index in [9.17, 15) is 0 Å². The zero-order valence-electron chi connectivity index (χ0n) is 15.0. The molecule has 3 rings (SSSR count). The minimum atomic E-state index is -0.375. The van der Waals surface area contributed by atoms with Crippen molar-refractivity contribution >= 4 is 0 Å². The molecule has 0 aliphatic carbocycles.